The van der Waals surface area contributed by atoms with Gasteiger partial charge in [-0.1, -0.05) is 81.7 Å². The first-order valence-electron chi connectivity index (χ1n) is 23.5. The van der Waals surface area contributed by atoms with Gasteiger partial charge in [0.2, 0.25) is 29.5 Å². The van der Waals surface area contributed by atoms with E-state index in [0.29, 0.717) is 50.1 Å². The average molecular weight is 948 g/mol. The van der Waals surface area contributed by atoms with Gasteiger partial charge >= 0.3 is 12.1 Å². The molecule has 15 nitrogen and oxygen atoms in total. The van der Waals surface area contributed by atoms with E-state index in [2.05, 4.69) is 33.1 Å². The fraction of sp³-hybridized carbons (Fsp3) is 0.608. The molecule has 3 aliphatic rings. The van der Waals surface area contributed by atoms with Crippen molar-refractivity contribution in [2.45, 2.75) is 143 Å². The number of carbonyl (C=O) groups is 8. The second-order valence-corrected chi connectivity index (χ2v) is 19.8. The number of hydrogen-bond donors (Lipinski definition) is 4. The summed E-state index contributed by atoms with van der Waals surface area (Å²) in [7, 11) is 1.63. The van der Waals surface area contributed by atoms with Crippen molar-refractivity contribution in [3.05, 3.63) is 59.8 Å². The third-order valence-electron chi connectivity index (χ3n) is 11.9. The van der Waals surface area contributed by atoms with Crippen LogP contribution in [0.25, 0.3) is 0 Å². The maximum atomic E-state index is 13.3. The van der Waals surface area contributed by atoms with Gasteiger partial charge in [0.05, 0.1) is 11.3 Å². The zero-order valence-corrected chi connectivity index (χ0v) is 41.5. The Bertz CT molecular complexity index is 1980. The van der Waals surface area contributed by atoms with E-state index in [-0.39, 0.29) is 85.0 Å². The van der Waals surface area contributed by atoms with Crippen molar-refractivity contribution >= 4 is 59.1 Å². The summed E-state index contributed by atoms with van der Waals surface area (Å²) in [5.74, 6) is 4.92. The number of likely N-dealkylation sites (tertiary alicyclic amines) is 1. The number of alkyl carbamates (subject to hydrolysis) is 1. The van der Waals surface area contributed by atoms with Crippen LogP contribution in [-0.2, 0) is 43.0 Å². The average Bonchev–Trinajstić information content (AvgIpc) is 3.54. The van der Waals surface area contributed by atoms with Crippen molar-refractivity contribution < 1.29 is 47.8 Å². The van der Waals surface area contributed by atoms with E-state index in [1.54, 1.807) is 45.2 Å². The van der Waals surface area contributed by atoms with Gasteiger partial charge in [0.1, 0.15) is 12.2 Å². The first kappa shape index (κ1) is 55.9. The molecule has 1 saturated carbocycles. The molecule has 0 aromatic rings. The SMILES string of the molecule is CC#CC[C@@H](C/C=C\CC(=O)[C@@H](NC(=O)\C=C/C=C\C(C)=C\[C@H](C)[C@@H]1CC=C(C)C(=O)O1)C(C)(C)C)OC(=O)NCCCNC(=O)CCSC1CC(=O)N(CC2CCC(C(=O)NC)CC2)C1=O. The summed E-state index contributed by atoms with van der Waals surface area (Å²) >= 11 is 1.32. The van der Waals surface area contributed by atoms with Crippen LogP contribution < -0.4 is 21.3 Å². The van der Waals surface area contributed by atoms with Gasteiger partial charge in [-0.3, -0.25) is 33.7 Å². The number of Topliss-reactive ketones (excluding diaryl/α,β-unsaturated/α-hetero) is 1. The second kappa shape index (κ2) is 28.7. The molecule has 67 heavy (non-hydrogen) atoms. The Balaban J connectivity index is 1.33. The molecule has 2 aliphatic heterocycles. The molecule has 16 heteroatoms. The van der Waals surface area contributed by atoms with Crippen LogP contribution in [0.5, 0.6) is 0 Å². The van der Waals surface area contributed by atoms with Gasteiger partial charge in [0, 0.05) is 94.4 Å². The molecule has 1 aliphatic carbocycles. The third-order valence-corrected chi connectivity index (χ3v) is 13.1. The molecule has 0 bridgehead atoms. The first-order valence-corrected chi connectivity index (χ1v) is 24.5. The molecule has 4 N–H and O–H groups in total. The monoisotopic (exact) mass is 948 g/mol. The molecule has 2 heterocycles. The predicted molar refractivity (Wildman–Crippen MR) is 260 cm³/mol. The maximum Gasteiger partial charge on any atom is 0.407 e. The van der Waals surface area contributed by atoms with Gasteiger partial charge in [0.25, 0.3) is 0 Å². The van der Waals surface area contributed by atoms with E-state index in [1.165, 1.54) is 22.7 Å². The highest BCUT2D eigenvalue weighted by atomic mass is 32.2. The molecule has 368 valence electrons. The van der Waals surface area contributed by atoms with E-state index in [1.807, 2.05) is 52.8 Å². The Labute approximate surface area is 401 Å². The Hall–Kier alpha value is -5.43. The van der Waals surface area contributed by atoms with Crippen molar-refractivity contribution in [1.29, 1.82) is 0 Å². The molecular formula is C51H73N5O10S. The summed E-state index contributed by atoms with van der Waals surface area (Å²) in [6, 6.07) is -0.755. The highest BCUT2D eigenvalue weighted by molar-refractivity contribution is 8.00. The molecule has 2 fully saturated rings. The number of nitrogens with one attached hydrogen (secondary N) is 4. The normalized spacial score (nSPS) is 21.6. The minimum absolute atomic E-state index is 0.0119. The number of cyclic esters (lactones) is 1. The number of esters is 1. The number of carbonyl (C=O) groups excluding carboxylic acids is 8. The number of hydrogen-bond acceptors (Lipinski definition) is 11. The summed E-state index contributed by atoms with van der Waals surface area (Å²) in [6.45, 7) is 14.0. The van der Waals surface area contributed by atoms with Crippen LogP contribution in [0.2, 0.25) is 0 Å². The van der Waals surface area contributed by atoms with Gasteiger partial charge in [-0.2, -0.15) is 0 Å². The van der Waals surface area contributed by atoms with Crippen molar-refractivity contribution in [2.75, 3.05) is 32.4 Å². The molecular weight excluding hydrogens is 875 g/mol. The standard InChI is InChI=1S/C51H73N5O10S/c1-9-10-17-39(18-12-13-19-40(57)46(51(5,6)7)55-44(59)20-14-11-16-34(2)31-36(4)41-26-21-35(3)49(63)66-41)65-50(64)54-29-15-28-53-43(58)27-30-67-42-32-45(60)56(48(42)62)33-37-22-24-38(25-23-37)47(61)52-8/h11-14,16,20-21,31,36-39,41-42,46H,15,17-19,22-30,32-33H2,1-8H3,(H,52,61)(H,53,58)(H,54,64)(H,55,59)/b13-12-,16-11-,20-14-,34-31+/t36-,37?,38?,39-,41-,42?,46+/m0/s1. The van der Waals surface area contributed by atoms with Crippen LogP contribution in [-0.4, -0.2) is 108 Å². The quantitative estimate of drug-likeness (QED) is 0.0163. The number of rotatable bonds is 24. The molecule has 1 saturated heterocycles. The summed E-state index contributed by atoms with van der Waals surface area (Å²) in [5.41, 5.74) is 1.02. The highest BCUT2D eigenvalue weighted by Gasteiger charge is 2.40. The fourth-order valence-corrected chi connectivity index (χ4v) is 9.07. The van der Waals surface area contributed by atoms with E-state index in [9.17, 15) is 38.4 Å². The molecule has 0 spiro atoms. The zero-order valence-electron chi connectivity index (χ0n) is 40.7. The zero-order chi connectivity index (χ0) is 49.5. The molecule has 5 atom stereocenters. The smallest absolute Gasteiger partial charge is 0.407 e. The number of ether oxygens (including phenoxy) is 2. The van der Waals surface area contributed by atoms with Crippen LogP contribution in [0.1, 0.15) is 119 Å². The molecule has 0 aromatic carbocycles. The van der Waals surface area contributed by atoms with Crippen LogP contribution in [0, 0.1) is 35.0 Å². The molecule has 3 rings (SSSR count). The number of imide groups is 1. The second-order valence-electron chi connectivity index (χ2n) is 18.5. The van der Waals surface area contributed by atoms with Crippen molar-refractivity contribution in [3.8, 4) is 11.8 Å². The van der Waals surface area contributed by atoms with E-state index < -0.39 is 34.8 Å². The predicted octanol–water partition coefficient (Wildman–Crippen LogP) is 6.20. The van der Waals surface area contributed by atoms with E-state index in [0.717, 1.165) is 31.3 Å². The lowest BCUT2D eigenvalue weighted by Gasteiger charge is -2.29. The lowest BCUT2D eigenvalue weighted by molar-refractivity contribution is -0.147. The van der Waals surface area contributed by atoms with Crippen molar-refractivity contribution in [3.63, 3.8) is 0 Å². The summed E-state index contributed by atoms with van der Waals surface area (Å²) < 4.78 is 11.1. The van der Waals surface area contributed by atoms with Gasteiger partial charge in [0.15, 0.2) is 5.78 Å². The summed E-state index contributed by atoms with van der Waals surface area (Å²) in [6.07, 6.45) is 17.7. The Morgan fingerprint density at radius 3 is 2.39 bits per heavy atom. The fourth-order valence-electron chi connectivity index (χ4n) is 7.96. The maximum absolute atomic E-state index is 13.3. The first-order chi connectivity index (χ1) is 31.8. The van der Waals surface area contributed by atoms with Crippen molar-refractivity contribution in [2.24, 2.45) is 23.2 Å². The lowest BCUT2D eigenvalue weighted by Crippen LogP contribution is -2.48. The molecule has 1 unspecified atom stereocenters. The minimum Gasteiger partial charge on any atom is -0.458 e. The number of thioether (sulfide) groups is 1. The summed E-state index contributed by atoms with van der Waals surface area (Å²) in [5, 5.41) is 10.6. The number of amides is 6. The Morgan fingerprint density at radius 1 is 1.01 bits per heavy atom. The van der Waals surface area contributed by atoms with Gasteiger partial charge in [-0.25, -0.2) is 9.59 Å². The topological polar surface area (TPSA) is 206 Å². The largest absolute Gasteiger partial charge is 0.458 e. The van der Waals surface area contributed by atoms with Crippen LogP contribution >= 0.6 is 11.8 Å². The van der Waals surface area contributed by atoms with E-state index in [4.69, 9.17) is 9.47 Å². The van der Waals surface area contributed by atoms with Gasteiger partial charge in [-0.15, -0.1) is 17.7 Å². The molecule has 0 radical (unpaired) electrons. The van der Waals surface area contributed by atoms with Gasteiger partial charge in [-0.05, 0) is 64.2 Å². The van der Waals surface area contributed by atoms with Gasteiger partial charge < -0.3 is 30.7 Å². The highest BCUT2D eigenvalue weighted by Crippen LogP contribution is 2.33. The lowest BCUT2D eigenvalue weighted by atomic mass is 9.81. The van der Waals surface area contributed by atoms with E-state index >= 15 is 0 Å². The van der Waals surface area contributed by atoms with Crippen LogP contribution in [0.15, 0.2) is 59.8 Å². The van der Waals surface area contributed by atoms with Crippen LogP contribution in [0.3, 0.4) is 0 Å². The Morgan fingerprint density at radius 2 is 1.72 bits per heavy atom. The number of allylic oxidation sites excluding steroid dienone is 5. The third kappa shape index (κ3) is 20.1. The number of nitrogens with zero attached hydrogens (tertiary/aromatic N) is 1. The van der Waals surface area contributed by atoms with Crippen molar-refractivity contribution in [1.82, 2.24) is 26.2 Å². The molecule has 6 amide bonds. The molecule has 0 aromatic heterocycles. The number of ketones is 1. The summed E-state index contributed by atoms with van der Waals surface area (Å²) in [4.78, 5) is 102. The van der Waals surface area contributed by atoms with Crippen LogP contribution in [0.4, 0.5) is 4.79 Å². The Kier molecular flexibility index (Phi) is 23.9. The minimum atomic E-state index is -0.755.